The molecule has 1 aliphatic rings. The van der Waals surface area contributed by atoms with E-state index in [1.54, 1.807) is 19.2 Å². The highest BCUT2D eigenvalue weighted by Crippen LogP contribution is 2.29. The van der Waals surface area contributed by atoms with Gasteiger partial charge in [-0.2, -0.15) is 0 Å². The first-order valence-electron chi connectivity index (χ1n) is 11.6. The second-order valence-corrected chi connectivity index (χ2v) is 8.54. The Morgan fingerprint density at radius 3 is 2.71 bits per heavy atom. The number of ether oxygens (including phenoxy) is 2. The number of rotatable bonds is 9. The van der Waals surface area contributed by atoms with E-state index in [2.05, 4.69) is 15.0 Å². The molecule has 10 heteroatoms. The van der Waals surface area contributed by atoms with E-state index in [1.807, 2.05) is 19.9 Å². The van der Waals surface area contributed by atoms with Crippen molar-refractivity contribution in [3.63, 3.8) is 0 Å². The van der Waals surface area contributed by atoms with Crippen LogP contribution in [0.1, 0.15) is 56.1 Å². The zero-order chi connectivity index (χ0) is 24.7. The molecular weight excluding hydrogens is 436 g/mol. The largest absolute Gasteiger partial charge is 0.489 e. The number of likely N-dealkylation sites (N-methyl/N-ethyl adjacent to an activating group) is 1. The minimum Gasteiger partial charge on any atom is -0.489 e. The Hall–Kier alpha value is -3.40. The van der Waals surface area contributed by atoms with E-state index >= 15 is 0 Å². The molecule has 0 spiro atoms. The molecule has 2 unspecified atom stereocenters. The first kappa shape index (κ1) is 25.2. The maximum Gasteiger partial charge on any atom is 0.306 e. The lowest BCUT2D eigenvalue weighted by atomic mass is 9.99. The number of nitrogens with zero attached hydrogens (tertiary/aromatic N) is 4. The van der Waals surface area contributed by atoms with E-state index in [-0.39, 0.29) is 18.6 Å². The van der Waals surface area contributed by atoms with Crippen LogP contribution in [-0.4, -0.2) is 50.8 Å². The van der Waals surface area contributed by atoms with Crippen molar-refractivity contribution in [3.05, 3.63) is 47.3 Å². The van der Waals surface area contributed by atoms with Crippen LogP contribution in [0.5, 0.6) is 11.6 Å². The molecule has 1 fully saturated rings. The highest BCUT2D eigenvalue weighted by Gasteiger charge is 2.27. The molecule has 5 N–H and O–H groups in total. The van der Waals surface area contributed by atoms with Crippen molar-refractivity contribution in [2.75, 3.05) is 13.7 Å². The van der Waals surface area contributed by atoms with Gasteiger partial charge in [0.25, 0.3) is 0 Å². The summed E-state index contributed by atoms with van der Waals surface area (Å²) in [6.07, 6.45) is 5.96. The van der Waals surface area contributed by atoms with Crippen LogP contribution < -0.4 is 21.1 Å². The van der Waals surface area contributed by atoms with Crippen molar-refractivity contribution in [1.82, 2.24) is 20.0 Å². The molecule has 2 heterocycles. The highest BCUT2D eigenvalue weighted by atomic mass is 16.5. The number of nitrogens with two attached hydrogens (primary N) is 2. The lowest BCUT2D eigenvalue weighted by molar-refractivity contribution is -0.142. The van der Waals surface area contributed by atoms with Gasteiger partial charge < -0.3 is 25.3 Å². The summed E-state index contributed by atoms with van der Waals surface area (Å²) in [4.78, 5) is 24.4. The van der Waals surface area contributed by atoms with Crippen LogP contribution in [-0.2, 0) is 11.2 Å². The normalized spacial score (nSPS) is 19.1. The molecule has 2 atom stereocenters. The quantitative estimate of drug-likeness (QED) is 0.283. The summed E-state index contributed by atoms with van der Waals surface area (Å²) in [7, 11) is 1.68. The fourth-order valence-corrected chi connectivity index (χ4v) is 3.96. The monoisotopic (exact) mass is 470 g/mol. The third kappa shape index (κ3) is 6.57. The molecule has 34 heavy (non-hydrogen) atoms. The molecule has 0 radical (unpaired) electrons. The van der Waals surface area contributed by atoms with Gasteiger partial charge in [0, 0.05) is 18.8 Å². The van der Waals surface area contributed by atoms with Crippen molar-refractivity contribution in [2.45, 2.75) is 58.5 Å². The van der Waals surface area contributed by atoms with Gasteiger partial charge in [-0.1, -0.05) is 13.3 Å². The SMILES string of the molecule is CCc1cc(OC/C(=C(/N)c2ccc(OC3CCCCC(C(=O)O)C3)c(C)n2)N(C)N)ncn1. The lowest BCUT2D eigenvalue weighted by Gasteiger charge is -2.22. The number of carbonyl (C=O) groups is 1. The summed E-state index contributed by atoms with van der Waals surface area (Å²) in [5.74, 6) is 5.96. The van der Waals surface area contributed by atoms with Gasteiger partial charge in [-0.05, 0) is 51.2 Å². The summed E-state index contributed by atoms with van der Waals surface area (Å²) in [6.45, 7) is 3.95. The van der Waals surface area contributed by atoms with Crippen molar-refractivity contribution < 1.29 is 19.4 Å². The third-order valence-electron chi connectivity index (χ3n) is 5.99. The molecular formula is C24H34N6O4. The minimum atomic E-state index is -0.757. The fraction of sp³-hybridized carbons (Fsp3) is 0.500. The Morgan fingerprint density at radius 2 is 2.03 bits per heavy atom. The number of hydrogen-bond acceptors (Lipinski definition) is 9. The number of aromatic nitrogens is 3. The minimum absolute atomic E-state index is 0.108. The first-order valence-corrected chi connectivity index (χ1v) is 11.6. The van der Waals surface area contributed by atoms with Gasteiger partial charge in [-0.15, -0.1) is 0 Å². The van der Waals surface area contributed by atoms with Gasteiger partial charge in [0.15, 0.2) is 0 Å². The molecule has 1 aliphatic carbocycles. The van der Waals surface area contributed by atoms with Gasteiger partial charge in [0.1, 0.15) is 18.7 Å². The summed E-state index contributed by atoms with van der Waals surface area (Å²) in [5.41, 5.74) is 9.42. The van der Waals surface area contributed by atoms with Crippen LogP contribution in [0, 0.1) is 12.8 Å². The van der Waals surface area contributed by atoms with Crippen LogP contribution in [0.3, 0.4) is 0 Å². The average molecular weight is 471 g/mol. The van der Waals surface area contributed by atoms with Crippen LogP contribution in [0.4, 0.5) is 0 Å². The van der Waals surface area contributed by atoms with Gasteiger partial charge in [0.2, 0.25) is 5.88 Å². The molecule has 3 rings (SSSR count). The van der Waals surface area contributed by atoms with Gasteiger partial charge in [-0.3, -0.25) is 4.79 Å². The molecule has 1 saturated carbocycles. The van der Waals surface area contributed by atoms with E-state index in [0.717, 1.165) is 31.4 Å². The molecule has 0 saturated heterocycles. The summed E-state index contributed by atoms with van der Waals surface area (Å²) in [5, 5.41) is 10.8. The third-order valence-corrected chi connectivity index (χ3v) is 5.99. The number of carboxylic acid groups (broad SMARTS) is 1. The molecule has 10 nitrogen and oxygen atoms in total. The van der Waals surface area contributed by atoms with Gasteiger partial charge in [0.05, 0.1) is 34.8 Å². The Kier molecular flexibility index (Phi) is 8.64. The summed E-state index contributed by atoms with van der Waals surface area (Å²) < 4.78 is 12.0. The highest BCUT2D eigenvalue weighted by molar-refractivity contribution is 5.70. The first-order chi connectivity index (χ1) is 16.3. The maximum atomic E-state index is 11.5. The molecule has 0 aromatic carbocycles. The van der Waals surface area contributed by atoms with Crippen LogP contribution >= 0.6 is 0 Å². The van der Waals surface area contributed by atoms with Crippen molar-refractivity contribution in [3.8, 4) is 11.6 Å². The Labute approximate surface area is 200 Å². The Balaban J connectivity index is 1.75. The Morgan fingerprint density at radius 1 is 1.26 bits per heavy atom. The second-order valence-electron chi connectivity index (χ2n) is 8.54. The van der Waals surface area contributed by atoms with Crippen molar-refractivity contribution in [1.29, 1.82) is 0 Å². The second kappa shape index (κ2) is 11.6. The van der Waals surface area contributed by atoms with Crippen LogP contribution in [0.15, 0.2) is 30.2 Å². The average Bonchev–Trinajstić information content (AvgIpc) is 3.06. The van der Waals surface area contributed by atoms with E-state index < -0.39 is 5.97 Å². The molecule has 2 aromatic heterocycles. The zero-order valence-electron chi connectivity index (χ0n) is 20.0. The number of aliphatic carboxylic acids is 1. The molecule has 184 valence electrons. The smallest absolute Gasteiger partial charge is 0.306 e. The standard InChI is InChI=1S/C24H34N6O4/c1-4-17-12-22(28-14-27-17)33-13-20(30(3)26)23(25)19-9-10-21(15(2)29-19)34-18-8-6-5-7-16(11-18)24(31)32/h9-10,12,14,16,18H,4-8,11,13,25-26H2,1-3H3,(H,31,32)/b23-20-. The van der Waals surface area contributed by atoms with E-state index in [0.29, 0.717) is 47.3 Å². The number of hydrazine groups is 1. The molecule has 0 bridgehead atoms. The predicted octanol–water partition coefficient (Wildman–Crippen LogP) is 2.67. The molecule has 2 aromatic rings. The number of carboxylic acids is 1. The Bertz CT molecular complexity index is 1030. The van der Waals surface area contributed by atoms with Crippen molar-refractivity contribution in [2.24, 2.45) is 17.5 Å². The van der Waals surface area contributed by atoms with E-state index in [1.165, 1.54) is 11.3 Å². The van der Waals surface area contributed by atoms with E-state index in [9.17, 15) is 9.90 Å². The molecule has 0 amide bonds. The van der Waals surface area contributed by atoms with Gasteiger partial charge in [-0.25, -0.2) is 20.8 Å². The number of pyridine rings is 1. The zero-order valence-corrected chi connectivity index (χ0v) is 20.0. The van der Waals surface area contributed by atoms with Crippen molar-refractivity contribution >= 4 is 11.7 Å². The molecule has 0 aliphatic heterocycles. The van der Waals surface area contributed by atoms with E-state index in [4.69, 9.17) is 21.1 Å². The maximum absolute atomic E-state index is 11.5. The predicted molar refractivity (Wildman–Crippen MR) is 128 cm³/mol. The summed E-state index contributed by atoms with van der Waals surface area (Å²) in [6, 6.07) is 5.37. The topological polar surface area (TPSA) is 150 Å². The lowest BCUT2D eigenvalue weighted by Crippen LogP contribution is -2.31. The number of hydrogen-bond donors (Lipinski definition) is 3. The van der Waals surface area contributed by atoms with Crippen LogP contribution in [0.2, 0.25) is 0 Å². The number of aryl methyl sites for hydroxylation is 2. The van der Waals surface area contributed by atoms with Crippen LogP contribution in [0.25, 0.3) is 5.70 Å². The summed E-state index contributed by atoms with van der Waals surface area (Å²) >= 11 is 0. The fourth-order valence-electron chi connectivity index (χ4n) is 3.96. The van der Waals surface area contributed by atoms with Gasteiger partial charge >= 0.3 is 5.97 Å².